The number of hydrogen-bond acceptors (Lipinski definition) is 8. The van der Waals surface area contributed by atoms with E-state index in [1.807, 2.05) is 0 Å². The van der Waals surface area contributed by atoms with Crippen molar-refractivity contribution in [2.45, 2.75) is 23.3 Å². The van der Waals surface area contributed by atoms with Gasteiger partial charge in [0.1, 0.15) is 16.9 Å². The SMILES string of the molecule is COC1(c2onc(-c3c(Cl)cc(Cl)cc3Cl)c2C(=O)O)CCN(S(=O)(=O)c2ccccc2[N+](=O)[O-])CC1. The molecule has 11 nitrogen and oxygen atoms in total. The molecule has 2 aromatic carbocycles. The van der Waals surface area contributed by atoms with Crippen LogP contribution in [0.3, 0.4) is 0 Å². The number of ether oxygens (including phenoxy) is 1. The first kappa shape index (κ1) is 27.3. The summed E-state index contributed by atoms with van der Waals surface area (Å²) in [7, 11) is -2.90. The van der Waals surface area contributed by atoms with Gasteiger partial charge >= 0.3 is 5.97 Å². The van der Waals surface area contributed by atoms with Crippen LogP contribution in [-0.2, 0) is 20.4 Å². The third-order valence-electron chi connectivity index (χ3n) is 6.16. The third kappa shape index (κ3) is 4.80. The van der Waals surface area contributed by atoms with Crippen LogP contribution in [0.1, 0.15) is 29.0 Å². The molecule has 1 saturated heterocycles. The fourth-order valence-corrected chi connectivity index (χ4v) is 6.91. The summed E-state index contributed by atoms with van der Waals surface area (Å²) in [6, 6.07) is 7.79. The van der Waals surface area contributed by atoms with E-state index < -0.39 is 37.1 Å². The molecule has 0 aliphatic carbocycles. The van der Waals surface area contributed by atoms with E-state index >= 15 is 0 Å². The van der Waals surface area contributed by atoms with Crippen molar-refractivity contribution in [2.24, 2.45) is 0 Å². The first-order chi connectivity index (χ1) is 17.4. The van der Waals surface area contributed by atoms with Crippen molar-refractivity contribution >= 4 is 56.5 Å². The fourth-order valence-electron chi connectivity index (χ4n) is 4.32. The maximum Gasteiger partial charge on any atom is 0.341 e. The number of aromatic nitrogens is 1. The normalized spacial score (nSPS) is 16.0. The predicted molar refractivity (Wildman–Crippen MR) is 134 cm³/mol. The molecule has 2 heterocycles. The van der Waals surface area contributed by atoms with Gasteiger partial charge in [0.25, 0.3) is 5.69 Å². The average molecular weight is 591 g/mol. The molecule has 4 rings (SSSR count). The predicted octanol–water partition coefficient (Wildman–Crippen LogP) is 5.23. The Kier molecular flexibility index (Phi) is 7.52. The van der Waals surface area contributed by atoms with E-state index in [4.69, 9.17) is 44.1 Å². The number of halogens is 3. The van der Waals surface area contributed by atoms with E-state index in [1.165, 1.54) is 31.4 Å². The largest absolute Gasteiger partial charge is 0.477 e. The number of piperidine rings is 1. The van der Waals surface area contributed by atoms with Crippen LogP contribution in [0.25, 0.3) is 11.3 Å². The molecule has 0 unspecified atom stereocenters. The molecule has 1 aromatic heterocycles. The number of carboxylic acid groups (broad SMARTS) is 1. The average Bonchev–Trinajstić information content (AvgIpc) is 3.29. The van der Waals surface area contributed by atoms with Crippen molar-refractivity contribution in [2.75, 3.05) is 20.2 Å². The highest BCUT2D eigenvalue weighted by molar-refractivity contribution is 7.89. The fraction of sp³-hybridized carbons (Fsp3) is 0.273. The van der Waals surface area contributed by atoms with Gasteiger partial charge in [0.05, 0.1) is 15.0 Å². The second-order valence-corrected chi connectivity index (χ2v) is 11.3. The molecule has 0 amide bonds. The molecule has 0 saturated carbocycles. The topological polar surface area (TPSA) is 153 Å². The van der Waals surface area contributed by atoms with Crippen LogP contribution in [-0.4, -0.2) is 54.1 Å². The summed E-state index contributed by atoms with van der Waals surface area (Å²) in [5.74, 6) is -1.53. The van der Waals surface area contributed by atoms with E-state index in [2.05, 4.69) is 5.16 Å². The Morgan fingerprint density at radius 1 is 1.19 bits per heavy atom. The molecule has 1 aliphatic rings. The Balaban J connectivity index is 1.72. The number of aromatic carboxylic acids is 1. The van der Waals surface area contributed by atoms with Crippen molar-refractivity contribution in [1.82, 2.24) is 9.46 Å². The van der Waals surface area contributed by atoms with Crippen LogP contribution >= 0.6 is 34.8 Å². The number of carboxylic acids is 1. The second kappa shape index (κ2) is 10.2. The van der Waals surface area contributed by atoms with E-state index in [1.54, 1.807) is 0 Å². The monoisotopic (exact) mass is 589 g/mol. The lowest BCUT2D eigenvalue weighted by Crippen LogP contribution is -2.46. The summed E-state index contributed by atoms with van der Waals surface area (Å²) in [5.41, 5.74) is -2.29. The van der Waals surface area contributed by atoms with Crippen LogP contribution < -0.4 is 0 Å². The number of rotatable bonds is 7. The van der Waals surface area contributed by atoms with E-state index in [9.17, 15) is 28.4 Å². The zero-order valence-corrected chi connectivity index (χ0v) is 22.1. The molecule has 0 radical (unpaired) electrons. The molecule has 37 heavy (non-hydrogen) atoms. The minimum Gasteiger partial charge on any atom is -0.477 e. The minimum absolute atomic E-state index is 0.0274. The minimum atomic E-state index is -4.23. The molecule has 1 N–H and O–H groups in total. The van der Waals surface area contributed by atoms with Crippen LogP contribution in [0.2, 0.25) is 15.1 Å². The van der Waals surface area contributed by atoms with Crippen molar-refractivity contribution < 1.29 is 32.5 Å². The van der Waals surface area contributed by atoms with Crippen LogP contribution in [0.5, 0.6) is 0 Å². The Morgan fingerprint density at radius 2 is 1.78 bits per heavy atom. The van der Waals surface area contributed by atoms with Gasteiger partial charge in [-0.1, -0.05) is 52.1 Å². The highest BCUT2D eigenvalue weighted by Gasteiger charge is 2.47. The molecule has 1 aliphatic heterocycles. The number of nitro benzene ring substituents is 1. The van der Waals surface area contributed by atoms with Gasteiger partial charge in [-0.05, 0) is 31.0 Å². The first-order valence-corrected chi connectivity index (χ1v) is 13.2. The second-order valence-electron chi connectivity index (χ2n) is 8.11. The highest BCUT2D eigenvalue weighted by Crippen LogP contribution is 2.45. The zero-order valence-electron chi connectivity index (χ0n) is 19.0. The van der Waals surface area contributed by atoms with Gasteiger partial charge in [0, 0.05) is 36.9 Å². The lowest BCUT2D eigenvalue weighted by Gasteiger charge is -2.38. The third-order valence-corrected chi connectivity index (χ3v) is 8.92. The maximum atomic E-state index is 13.2. The van der Waals surface area contributed by atoms with E-state index in [0.717, 1.165) is 16.4 Å². The summed E-state index contributed by atoms with van der Waals surface area (Å²) in [6.07, 6.45) is -0.0548. The molecular formula is C22H18Cl3N3O8S. The Labute approximate surface area is 225 Å². The molecular weight excluding hydrogens is 573 g/mol. The molecule has 1 fully saturated rings. The number of para-hydroxylation sites is 1. The van der Waals surface area contributed by atoms with E-state index in [0.29, 0.717) is 0 Å². The van der Waals surface area contributed by atoms with Gasteiger partial charge in [0.2, 0.25) is 10.0 Å². The lowest BCUT2D eigenvalue weighted by molar-refractivity contribution is -0.387. The van der Waals surface area contributed by atoms with Gasteiger partial charge in [0.15, 0.2) is 10.7 Å². The van der Waals surface area contributed by atoms with Gasteiger partial charge < -0.3 is 14.4 Å². The summed E-state index contributed by atoms with van der Waals surface area (Å²) in [5, 5.41) is 25.7. The standard InChI is InChI=1S/C22H18Cl3N3O8S/c1-35-22(6-8-27(9-7-22)37(33,34)16-5-3-2-4-15(16)28(31)32)20-18(21(29)30)19(26-36-20)17-13(24)10-12(23)11-14(17)25/h2-5,10-11H,6-9H2,1H3,(H,29,30). The molecule has 3 aromatic rings. The lowest BCUT2D eigenvalue weighted by atomic mass is 9.86. The summed E-state index contributed by atoms with van der Waals surface area (Å²) >= 11 is 18.5. The van der Waals surface area contributed by atoms with Crippen LogP contribution in [0.15, 0.2) is 45.8 Å². The van der Waals surface area contributed by atoms with Gasteiger partial charge in [-0.3, -0.25) is 10.1 Å². The summed E-state index contributed by atoms with van der Waals surface area (Å²) < 4.78 is 38.7. The number of nitrogens with zero attached hydrogens (tertiary/aromatic N) is 3. The molecule has 0 atom stereocenters. The molecule has 15 heteroatoms. The molecule has 196 valence electrons. The summed E-state index contributed by atoms with van der Waals surface area (Å²) in [6.45, 7) is -0.278. The first-order valence-electron chi connectivity index (χ1n) is 10.6. The zero-order chi connectivity index (χ0) is 27.1. The van der Waals surface area contributed by atoms with Gasteiger partial charge in [-0.2, -0.15) is 4.31 Å². The number of nitro groups is 1. The van der Waals surface area contributed by atoms with E-state index in [-0.39, 0.29) is 63.6 Å². The quantitative estimate of drug-likeness (QED) is 0.288. The smallest absolute Gasteiger partial charge is 0.341 e. The molecule has 0 spiro atoms. The number of hydrogen-bond donors (Lipinski definition) is 1. The van der Waals surface area contributed by atoms with Gasteiger partial charge in [-0.25, -0.2) is 13.2 Å². The van der Waals surface area contributed by atoms with Crippen LogP contribution in [0, 0.1) is 10.1 Å². The highest BCUT2D eigenvalue weighted by atomic mass is 35.5. The number of carbonyl (C=O) groups is 1. The Hall–Kier alpha value is -2.74. The number of sulfonamides is 1. The van der Waals surface area contributed by atoms with Crippen molar-refractivity contribution in [3.63, 3.8) is 0 Å². The summed E-state index contributed by atoms with van der Waals surface area (Å²) in [4.78, 5) is 22.5. The van der Waals surface area contributed by atoms with Crippen molar-refractivity contribution in [3.8, 4) is 11.3 Å². The van der Waals surface area contributed by atoms with Gasteiger partial charge in [-0.15, -0.1) is 0 Å². The Morgan fingerprint density at radius 3 is 2.32 bits per heavy atom. The molecule has 0 bridgehead atoms. The van der Waals surface area contributed by atoms with Crippen molar-refractivity contribution in [1.29, 1.82) is 0 Å². The number of methoxy groups -OCH3 is 1. The Bertz CT molecular complexity index is 1480. The maximum absolute atomic E-state index is 13.2. The van der Waals surface area contributed by atoms with Crippen LogP contribution in [0.4, 0.5) is 5.69 Å². The number of benzene rings is 2. The van der Waals surface area contributed by atoms with Crippen molar-refractivity contribution in [3.05, 3.63) is 72.9 Å².